The van der Waals surface area contributed by atoms with Gasteiger partial charge in [0.25, 0.3) is 0 Å². The normalized spacial score (nSPS) is 10.7. The number of hydrogen-bond donors (Lipinski definition) is 1. The predicted molar refractivity (Wildman–Crippen MR) is 70.6 cm³/mol. The van der Waals surface area contributed by atoms with Crippen LogP contribution >= 0.6 is 15.9 Å². The minimum Gasteiger partial charge on any atom is -0.313 e. The van der Waals surface area contributed by atoms with Crippen molar-refractivity contribution in [1.29, 1.82) is 0 Å². The van der Waals surface area contributed by atoms with E-state index in [1.807, 2.05) is 4.68 Å². The SMILES string of the molecule is CCNCc1ccc(Cn2cncn2)c(Br)c1. The third-order valence-electron chi connectivity index (χ3n) is 2.50. The van der Waals surface area contributed by atoms with Crippen molar-refractivity contribution in [1.82, 2.24) is 20.1 Å². The van der Waals surface area contributed by atoms with Gasteiger partial charge in [0.15, 0.2) is 0 Å². The molecule has 2 rings (SSSR count). The fourth-order valence-corrected chi connectivity index (χ4v) is 2.14. The Bertz CT molecular complexity index is 467. The summed E-state index contributed by atoms with van der Waals surface area (Å²) in [6.07, 6.45) is 3.27. The van der Waals surface area contributed by atoms with Crippen LogP contribution in [0.5, 0.6) is 0 Å². The minimum absolute atomic E-state index is 0.738. The van der Waals surface area contributed by atoms with Gasteiger partial charge in [-0.3, -0.25) is 0 Å². The van der Waals surface area contributed by atoms with Gasteiger partial charge in [-0.1, -0.05) is 35.0 Å². The van der Waals surface area contributed by atoms with E-state index in [9.17, 15) is 0 Å². The number of nitrogens with zero attached hydrogens (tertiary/aromatic N) is 3. The van der Waals surface area contributed by atoms with Gasteiger partial charge in [-0.15, -0.1) is 0 Å². The van der Waals surface area contributed by atoms with Crippen LogP contribution in [-0.4, -0.2) is 21.3 Å². The van der Waals surface area contributed by atoms with Crippen molar-refractivity contribution in [2.75, 3.05) is 6.54 Å². The molecule has 0 fully saturated rings. The Balaban J connectivity index is 2.09. The van der Waals surface area contributed by atoms with Crippen LogP contribution in [-0.2, 0) is 13.1 Å². The average molecular weight is 295 g/mol. The monoisotopic (exact) mass is 294 g/mol. The first-order valence-electron chi connectivity index (χ1n) is 5.60. The summed E-state index contributed by atoms with van der Waals surface area (Å²) in [4.78, 5) is 3.93. The molecule has 5 heteroatoms. The van der Waals surface area contributed by atoms with E-state index >= 15 is 0 Å². The van der Waals surface area contributed by atoms with Gasteiger partial charge in [0.2, 0.25) is 0 Å². The van der Waals surface area contributed by atoms with Gasteiger partial charge in [0, 0.05) is 11.0 Å². The Labute approximate surface area is 109 Å². The zero-order valence-corrected chi connectivity index (χ0v) is 11.3. The lowest BCUT2D eigenvalue weighted by Gasteiger charge is -2.07. The highest BCUT2D eigenvalue weighted by molar-refractivity contribution is 9.10. The molecule has 0 saturated carbocycles. The highest BCUT2D eigenvalue weighted by Crippen LogP contribution is 2.19. The first-order chi connectivity index (χ1) is 8.29. The summed E-state index contributed by atoms with van der Waals surface area (Å²) in [7, 11) is 0. The maximum Gasteiger partial charge on any atom is 0.137 e. The fraction of sp³-hybridized carbons (Fsp3) is 0.333. The van der Waals surface area contributed by atoms with Crippen LogP contribution in [0.4, 0.5) is 0 Å². The van der Waals surface area contributed by atoms with Gasteiger partial charge in [-0.2, -0.15) is 5.10 Å². The van der Waals surface area contributed by atoms with Crippen LogP contribution in [0.15, 0.2) is 35.3 Å². The molecule has 1 aromatic heterocycles. The average Bonchev–Trinajstić information content (AvgIpc) is 2.82. The topological polar surface area (TPSA) is 42.7 Å². The molecule has 90 valence electrons. The molecule has 1 heterocycles. The van der Waals surface area contributed by atoms with E-state index in [1.165, 1.54) is 11.1 Å². The molecular weight excluding hydrogens is 280 g/mol. The highest BCUT2D eigenvalue weighted by atomic mass is 79.9. The largest absolute Gasteiger partial charge is 0.313 e. The minimum atomic E-state index is 0.738. The van der Waals surface area contributed by atoms with Crippen molar-refractivity contribution < 1.29 is 0 Å². The quantitative estimate of drug-likeness (QED) is 0.919. The molecule has 0 amide bonds. The summed E-state index contributed by atoms with van der Waals surface area (Å²) in [5, 5.41) is 7.41. The van der Waals surface area contributed by atoms with Crippen molar-refractivity contribution >= 4 is 15.9 Å². The van der Waals surface area contributed by atoms with Gasteiger partial charge in [-0.25, -0.2) is 9.67 Å². The van der Waals surface area contributed by atoms with E-state index in [1.54, 1.807) is 12.7 Å². The smallest absolute Gasteiger partial charge is 0.137 e. The number of nitrogens with one attached hydrogen (secondary N) is 1. The van der Waals surface area contributed by atoms with Crippen LogP contribution in [0.3, 0.4) is 0 Å². The highest BCUT2D eigenvalue weighted by Gasteiger charge is 2.02. The lowest BCUT2D eigenvalue weighted by atomic mass is 10.1. The molecule has 4 nitrogen and oxygen atoms in total. The van der Waals surface area contributed by atoms with E-state index in [0.29, 0.717) is 0 Å². The van der Waals surface area contributed by atoms with E-state index in [0.717, 1.165) is 24.1 Å². The molecule has 0 radical (unpaired) electrons. The molecule has 17 heavy (non-hydrogen) atoms. The van der Waals surface area contributed by atoms with Gasteiger partial charge in [0.05, 0.1) is 6.54 Å². The molecule has 1 N–H and O–H groups in total. The Morgan fingerprint density at radius 3 is 2.94 bits per heavy atom. The summed E-state index contributed by atoms with van der Waals surface area (Å²) in [5.41, 5.74) is 2.48. The van der Waals surface area contributed by atoms with Crippen LogP contribution in [0.1, 0.15) is 18.1 Å². The van der Waals surface area contributed by atoms with E-state index in [-0.39, 0.29) is 0 Å². The second-order valence-corrected chi connectivity index (χ2v) is 4.65. The summed E-state index contributed by atoms with van der Waals surface area (Å²) >= 11 is 3.60. The number of aromatic nitrogens is 3. The zero-order valence-electron chi connectivity index (χ0n) is 9.73. The number of halogens is 1. The van der Waals surface area contributed by atoms with Crippen LogP contribution in [0.2, 0.25) is 0 Å². The molecule has 0 aliphatic rings. The lowest BCUT2D eigenvalue weighted by Crippen LogP contribution is -2.11. The second kappa shape index (κ2) is 5.93. The van der Waals surface area contributed by atoms with Gasteiger partial charge >= 0.3 is 0 Å². The summed E-state index contributed by atoms with van der Waals surface area (Å²) in [6, 6.07) is 6.41. The van der Waals surface area contributed by atoms with Gasteiger partial charge in [-0.05, 0) is 23.7 Å². The first kappa shape index (κ1) is 12.3. The van der Waals surface area contributed by atoms with E-state index in [4.69, 9.17) is 0 Å². The predicted octanol–water partition coefficient (Wildman–Crippen LogP) is 2.20. The van der Waals surface area contributed by atoms with E-state index in [2.05, 4.69) is 56.5 Å². The molecule has 0 spiro atoms. The van der Waals surface area contributed by atoms with Crippen LogP contribution < -0.4 is 5.32 Å². The molecule has 0 aliphatic carbocycles. The third-order valence-corrected chi connectivity index (χ3v) is 3.23. The van der Waals surface area contributed by atoms with Crippen molar-refractivity contribution in [3.05, 3.63) is 46.5 Å². The number of rotatable bonds is 5. The van der Waals surface area contributed by atoms with Crippen molar-refractivity contribution in [2.24, 2.45) is 0 Å². The maximum absolute atomic E-state index is 4.10. The molecule has 0 saturated heterocycles. The Morgan fingerprint density at radius 2 is 2.29 bits per heavy atom. The van der Waals surface area contributed by atoms with Crippen molar-refractivity contribution in [2.45, 2.75) is 20.0 Å². The molecule has 2 aromatic rings. The fourth-order valence-electron chi connectivity index (χ4n) is 1.59. The van der Waals surface area contributed by atoms with Gasteiger partial charge in [0.1, 0.15) is 12.7 Å². The Hall–Kier alpha value is -1.20. The lowest BCUT2D eigenvalue weighted by molar-refractivity contribution is 0.681. The van der Waals surface area contributed by atoms with Crippen LogP contribution in [0, 0.1) is 0 Å². The molecule has 0 atom stereocenters. The maximum atomic E-state index is 4.10. The third kappa shape index (κ3) is 3.38. The zero-order chi connectivity index (χ0) is 12.1. The van der Waals surface area contributed by atoms with Gasteiger partial charge < -0.3 is 5.32 Å². The van der Waals surface area contributed by atoms with Crippen LogP contribution in [0.25, 0.3) is 0 Å². The Morgan fingerprint density at radius 1 is 1.41 bits per heavy atom. The summed E-state index contributed by atoms with van der Waals surface area (Å²) in [6.45, 7) is 4.73. The number of benzene rings is 1. The summed E-state index contributed by atoms with van der Waals surface area (Å²) in [5.74, 6) is 0. The standard InChI is InChI=1S/C12H15BrN4/c1-2-14-6-10-3-4-11(12(13)5-10)7-17-9-15-8-16-17/h3-5,8-9,14H,2,6-7H2,1H3. The van der Waals surface area contributed by atoms with Crippen molar-refractivity contribution in [3.8, 4) is 0 Å². The Kier molecular flexibility index (Phi) is 4.28. The second-order valence-electron chi connectivity index (χ2n) is 3.80. The van der Waals surface area contributed by atoms with Crippen molar-refractivity contribution in [3.63, 3.8) is 0 Å². The number of hydrogen-bond acceptors (Lipinski definition) is 3. The first-order valence-corrected chi connectivity index (χ1v) is 6.39. The molecule has 0 unspecified atom stereocenters. The molecule has 0 aliphatic heterocycles. The molecule has 0 bridgehead atoms. The van der Waals surface area contributed by atoms with E-state index < -0.39 is 0 Å². The summed E-state index contributed by atoms with van der Waals surface area (Å²) < 4.78 is 2.92. The molecular formula is C12H15BrN4. The molecule has 1 aromatic carbocycles.